The van der Waals surface area contributed by atoms with E-state index in [1.54, 1.807) is 17.0 Å². The maximum atomic E-state index is 12.6. The normalized spacial score (nSPS) is 14.4. The highest BCUT2D eigenvalue weighted by atomic mass is 16.5. The Bertz CT molecular complexity index is 948. The number of anilines is 2. The summed E-state index contributed by atoms with van der Waals surface area (Å²) < 4.78 is 5.78. The van der Waals surface area contributed by atoms with E-state index in [0.717, 1.165) is 43.2 Å². The molecule has 0 radical (unpaired) electrons. The topological polar surface area (TPSA) is 46.0 Å². The van der Waals surface area contributed by atoms with E-state index in [1.165, 1.54) is 5.69 Å². The van der Waals surface area contributed by atoms with Crippen molar-refractivity contribution in [2.24, 2.45) is 0 Å². The maximum Gasteiger partial charge on any atom is 0.255 e. The smallest absolute Gasteiger partial charge is 0.255 e. The monoisotopic (exact) mass is 402 g/mol. The van der Waals surface area contributed by atoms with Crippen molar-refractivity contribution >= 4 is 17.3 Å². The van der Waals surface area contributed by atoms with Crippen molar-refractivity contribution in [3.63, 3.8) is 0 Å². The van der Waals surface area contributed by atoms with Gasteiger partial charge in [-0.25, -0.2) is 0 Å². The highest BCUT2D eigenvalue weighted by Crippen LogP contribution is 2.19. The van der Waals surface area contributed by atoms with Gasteiger partial charge in [0.1, 0.15) is 12.4 Å². The second-order valence-corrected chi connectivity index (χ2v) is 7.74. The molecule has 0 atom stereocenters. The van der Waals surface area contributed by atoms with Crippen LogP contribution in [0.4, 0.5) is 11.4 Å². The van der Waals surface area contributed by atoms with Crippen LogP contribution in [-0.2, 0) is 6.61 Å². The van der Waals surface area contributed by atoms with E-state index in [0.29, 0.717) is 12.2 Å². The lowest BCUT2D eigenvalue weighted by atomic mass is 10.2. The van der Waals surface area contributed by atoms with Crippen LogP contribution in [0, 0.1) is 0 Å². The zero-order valence-corrected chi connectivity index (χ0v) is 17.3. The van der Waals surface area contributed by atoms with Gasteiger partial charge in [-0.3, -0.25) is 4.79 Å². The van der Waals surface area contributed by atoms with Gasteiger partial charge >= 0.3 is 0 Å². The first-order valence-electron chi connectivity index (χ1n) is 10.4. The second-order valence-electron chi connectivity index (χ2n) is 7.74. The fourth-order valence-electron chi connectivity index (χ4n) is 3.55. The Morgan fingerprint density at radius 2 is 1.60 bits per heavy atom. The van der Waals surface area contributed by atoms with Gasteiger partial charge in [0.25, 0.3) is 5.91 Å². The third-order valence-electron chi connectivity index (χ3n) is 5.47. The molecule has 2 N–H and O–H groups in total. The molecule has 0 aliphatic carbocycles. The van der Waals surface area contributed by atoms with Crippen molar-refractivity contribution in [3.8, 4) is 5.75 Å². The van der Waals surface area contributed by atoms with Crippen molar-refractivity contribution in [2.75, 3.05) is 43.4 Å². The standard InChI is InChI=1S/C25H27N3O2/c1-27-15-17-28(18-16-27)23-11-9-22(10-12-23)26-25(29)21-7-13-24(14-8-21)30-19-20-5-3-2-4-6-20/h2-14H,15-19H2,1H3,(H,26,29)/p+1. The molecule has 1 aliphatic heterocycles. The van der Waals surface area contributed by atoms with Crippen LogP contribution in [0.15, 0.2) is 78.9 Å². The van der Waals surface area contributed by atoms with E-state index in [1.807, 2.05) is 54.6 Å². The minimum absolute atomic E-state index is 0.124. The van der Waals surface area contributed by atoms with Gasteiger partial charge in [-0.2, -0.15) is 0 Å². The zero-order chi connectivity index (χ0) is 20.8. The molecule has 3 aromatic carbocycles. The highest BCUT2D eigenvalue weighted by Gasteiger charge is 2.16. The summed E-state index contributed by atoms with van der Waals surface area (Å²) in [5.41, 5.74) is 3.72. The molecule has 1 saturated heterocycles. The number of ether oxygens (including phenoxy) is 1. The molecule has 3 aromatic rings. The molecule has 1 amide bonds. The summed E-state index contributed by atoms with van der Waals surface area (Å²) in [6.45, 7) is 4.95. The predicted octanol–water partition coefficient (Wildman–Crippen LogP) is 2.85. The molecule has 30 heavy (non-hydrogen) atoms. The van der Waals surface area contributed by atoms with E-state index < -0.39 is 0 Å². The van der Waals surface area contributed by atoms with Crippen LogP contribution in [0.1, 0.15) is 15.9 Å². The molecule has 1 heterocycles. The Labute approximate surface area is 177 Å². The number of likely N-dealkylation sites (N-methyl/N-ethyl adjacent to an activating group) is 1. The quantitative estimate of drug-likeness (QED) is 0.667. The number of carbonyl (C=O) groups is 1. The molecular formula is C25H28N3O2+. The third kappa shape index (κ3) is 5.19. The number of carbonyl (C=O) groups excluding carboxylic acids is 1. The first kappa shape index (κ1) is 20.0. The lowest BCUT2D eigenvalue weighted by Crippen LogP contribution is -3.12. The number of benzene rings is 3. The largest absolute Gasteiger partial charge is 0.489 e. The summed E-state index contributed by atoms with van der Waals surface area (Å²) in [5.74, 6) is 0.620. The first-order valence-corrected chi connectivity index (χ1v) is 10.4. The molecule has 4 rings (SSSR count). The van der Waals surface area contributed by atoms with Gasteiger partial charge < -0.3 is 19.9 Å². The molecule has 5 heteroatoms. The average molecular weight is 403 g/mol. The molecular weight excluding hydrogens is 374 g/mol. The molecule has 0 bridgehead atoms. The Kier molecular flexibility index (Phi) is 6.30. The number of nitrogens with one attached hydrogen (secondary N) is 2. The van der Waals surface area contributed by atoms with Crippen LogP contribution in [-0.4, -0.2) is 39.1 Å². The fraction of sp³-hybridized carbons (Fsp3) is 0.240. The molecule has 0 aromatic heterocycles. The van der Waals surface area contributed by atoms with Crippen molar-refractivity contribution in [3.05, 3.63) is 90.0 Å². The van der Waals surface area contributed by atoms with Crippen LogP contribution in [0.3, 0.4) is 0 Å². The van der Waals surface area contributed by atoms with Gasteiger partial charge in [0.05, 0.1) is 33.2 Å². The third-order valence-corrected chi connectivity index (χ3v) is 5.47. The van der Waals surface area contributed by atoms with Crippen LogP contribution >= 0.6 is 0 Å². The van der Waals surface area contributed by atoms with E-state index >= 15 is 0 Å². The number of quaternary nitrogens is 1. The van der Waals surface area contributed by atoms with Gasteiger partial charge in [-0.1, -0.05) is 30.3 Å². The molecule has 0 saturated carbocycles. The summed E-state index contributed by atoms with van der Waals surface area (Å²) >= 11 is 0. The molecule has 0 spiro atoms. The summed E-state index contributed by atoms with van der Waals surface area (Å²) in [4.78, 5) is 16.5. The lowest BCUT2D eigenvalue weighted by Gasteiger charge is -2.31. The fourth-order valence-corrected chi connectivity index (χ4v) is 3.55. The first-order chi connectivity index (χ1) is 14.7. The van der Waals surface area contributed by atoms with Crippen molar-refractivity contribution in [1.29, 1.82) is 0 Å². The van der Waals surface area contributed by atoms with Crippen molar-refractivity contribution < 1.29 is 14.4 Å². The maximum absolute atomic E-state index is 12.6. The van der Waals surface area contributed by atoms with E-state index in [-0.39, 0.29) is 5.91 Å². The Hall–Kier alpha value is -3.31. The van der Waals surface area contributed by atoms with E-state index in [9.17, 15) is 4.79 Å². The van der Waals surface area contributed by atoms with E-state index in [2.05, 4.69) is 29.4 Å². The SMILES string of the molecule is C[NH+]1CCN(c2ccc(NC(=O)c3ccc(OCc4ccccc4)cc3)cc2)CC1. The number of hydrogen-bond donors (Lipinski definition) is 2. The minimum Gasteiger partial charge on any atom is -0.489 e. The van der Waals surface area contributed by atoms with Gasteiger partial charge in [0.2, 0.25) is 0 Å². The highest BCUT2D eigenvalue weighted by molar-refractivity contribution is 6.04. The Balaban J connectivity index is 1.31. The average Bonchev–Trinajstić information content (AvgIpc) is 2.80. The van der Waals surface area contributed by atoms with Gasteiger partial charge in [0, 0.05) is 16.9 Å². The number of piperazine rings is 1. The summed E-state index contributed by atoms with van der Waals surface area (Å²) in [7, 11) is 2.23. The van der Waals surface area contributed by atoms with Crippen molar-refractivity contribution in [2.45, 2.75) is 6.61 Å². The Morgan fingerprint density at radius 1 is 0.933 bits per heavy atom. The number of amides is 1. The van der Waals surface area contributed by atoms with Gasteiger partial charge in [-0.05, 0) is 54.1 Å². The van der Waals surface area contributed by atoms with Gasteiger partial charge in [0.15, 0.2) is 0 Å². The van der Waals surface area contributed by atoms with Crippen LogP contribution in [0.2, 0.25) is 0 Å². The molecule has 154 valence electrons. The summed E-state index contributed by atoms with van der Waals surface area (Å²) in [6, 6.07) is 25.3. The number of nitrogens with zero attached hydrogens (tertiary/aromatic N) is 1. The van der Waals surface area contributed by atoms with Crippen molar-refractivity contribution in [1.82, 2.24) is 0 Å². The zero-order valence-electron chi connectivity index (χ0n) is 17.3. The Morgan fingerprint density at radius 3 is 2.27 bits per heavy atom. The summed E-state index contributed by atoms with van der Waals surface area (Å²) in [5, 5.41) is 2.97. The molecule has 1 fully saturated rings. The molecule has 1 aliphatic rings. The lowest BCUT2D eigenvalue weighted by molar-refractivity contribution is -0.880. The van der Waals surface area contributed by atoms with Crippen LogP contribution in [0.25, 0.3) is 0 Å². The predicted molar refractivity (Wildman–Crippen MR) is 120 cm³/mol. The van der Waals surface area contributed by atoms with Crippen LogP contribution in [0.5, 0.6) is 5.75 Å². The van der Waals surface area contributed by atoms with Crippen LogP contribution < -0.4 is 19.9 Å². The molecule has 0 unspecified atom stereocenters. The minimum atomic E-state index is -0.124. The number of rotatable bonds is 6. The number of hydrogen-bond acceptors (Lipinski definition) is 3. The molecule has 5 nitrogen and oxygen atoms in total. The van der Waals surface area contributed by atoms with Gasteiger partial charge in [-0.15, -0.1) is 0 Å². The second kappa shape index (κ2) is 9.46. The summed E-state index contributed by atoms with van der Waals surface area (Å²) in [6.07, 6.45) is 0. The van der Waals surface area contributed by atoms with E-state index in [4.69, 9.17) is 4.74 Å².